The normalized spacial score (nSPS) is 10.2. The first-order valence-corrected chi connectivity index (χ1v) is 8.35. The van der Waals surface area contributed by atoms with Gasteiger partial charge in [0.2, 0.25) is 0 Å². The molecule has 0 fully saturated rings. The quantitative estimate of drug-likeness (QED) is 0.746. The zero-order valence-electron chi connectivity index (χ0n) is 14.3. The van der Waals surface area contributed by atoms with Crippen molar-refractivity contribution in [2.75, 3.05) is 19.7 Å². The Balaban J connectivity index is 1.70. The van der Waals surface area contributed by atoms with Crippen molar-refractivity contribution in [2.45, 2.75) is 13.8 Å². The monoisotopic (exact) mass is 360 g/mol. The highest BCUT2D eigenvalue weighted by Crippen LogP contribution is 2.20. The number of benzene rings is 2. The Kier molecular flexibility index (Phi) is 6.83. The maximum atomic E-state index is 12.0. The van der Waals surface area contributed by atoms with Crippen LogP contribution in [0.2, 0.25) is 5.02 Å². The molecule has 6 heteroatoms. The SMILES string of the molecule is Cc1cccc(OCC(=O)NCCNC(=O)c2ccccc2Cl)c1C. The minimum atomic E-state index is -0.272. The first kappa shape index (κ1) is 18.8. The lowest BCUT2D eigenvalue weighted by molar-refractivity contribution is -0.123. The van der Waals surface area contributed by atoms with E-state index >= 15 is 0 Å². The highest BCUT2D eigenvalue weighted by atomic mass is 35.5. The lowest BCUT2D eigenvalue weighted by Crippen LogP contribution is -2.36. The van der Waals surface area contributed by atoms with Gasteiger partial charge >= 0.3 is 0 Å². The number of amides is 2. The van der Waals surface area contributed by atoms with Crippen molar-refractivity contribution in [3.8, 4) is 5.75 Å². The Morgan fingerprint density at radius 2 is 1.72 bits per heavy atom. The van der Waals surface area contributed by atoms with Crippen molar-refractivity contribution >= 4 is 23.4 Å². The summed E-state index contributed by atoms with van der Waals surface area (Å²) in [5.41, 5.74) is 2.54. The van der Waals surface area contributed by atoms with E-state index < -0.39 is 0 Å². The second-order valence-electron chi connectivity index (χ2n) is 5.57. The number of rotatable bonds is 7. The molecule has 2 rings (SSSR count). The van der Waals surface area contributed by atoms with Crippen LogP contribution >= 0.6 is 11.6 Å². The van der Waals surface area contributed by atoms with Crippen LogP contribution in [0.5, 0.6) is 5.75 Å². The molecule has 132 valence electrons. The van der Waals surface area contributed by atoms with Gasteiger partial charge in [0.05, 0.1) is 10.6 Å². The summed E-state index contributed by atoms with van der Waals surface area (Å²) in [4.78, 5) is 23.8. The number of halogens is 1. The lowest BCUT2D eigenvalue weighted by Gasteiger charge is -2.11. The average Bonchev–Trinajstić information content (AvgIpc) is 2.60. The van der Waals surface area contributed by atoms with Gasteiger partial charge in [0.25, 0.3) is 11.8 Å². The summed E-state index contributed by atoms with van der Waals surface area (Å²) >= 11 is 5.96. The zero-order valence-corrected chi connectivity index (χ0v) is 15.0. The molecule has 2 amide bonds. The van der Waals surface area contributed by atoms with Gasteiger partial charge in [-0.2, -0.15) is 0 Å². The third-order valence-corrected chi connectivity index (χ3v) is 4.09. The van der Waals surface area contributed by atoms with Gasteiger partial charge in [-0.3, -0.25) is 9.59 Å². The minimum Gasteiger partial charge on any atom is -0.483 e. The van der Waals surface area contributed by atoms with Crippen molar-refractivity contribution in [3.63, 3.8) is 0 Å². The second kappa shape index (κ2) is 9.08. The van der Waals surface area contributed by atoms with E-state index in [1.807, 2.05) is 32.0 Å². The van der Waals surface area contributed by atoms with Crippen LogP contribution in [0.25, 0.3) is 0 Å². The van der Waals surface area contributed by atoms with Crippen LogP contribution in [-0.4, -0.2) is 31.5 Å². The van der Waals surface area contributed by atoms with Crippen LogP contribution < -0.4 is 15.4 Å². The summed E-state index contributed by atoms with van der Waals surface area (Å²) in [7, 11) is 0. The highest BCUT2D eigenvalue weighted by molar-refractivity contribution is 6.33. The molecule has 25 heavy (non-hydrogen) atoms. The predicted molar refractivity (Wildman–Crippen MR) is 98.2 cm³/mol. The molecule has 0 aromatic heterocycles. The molecule has 2 N–H and O–H groups in total. The van der Waals surface area contributed by atoms with Crippen LogP contribution in [0.4, 0.5) is 0 Å². The molecule has 0 radical (unpaired) electrons. The molecule has 0 aliphatic rings. The van der Waals surface area contributed by atoms with Crippen molar-refractivity contribution in [1.29, 1.82) is 0 Å². The molecule has 5 nitrogen and oxygen atoms in total. The van der Waals surface area contributed by atoms with Crippen molar-refractivity contribution < 1.29 is 14.3 Å². The molecule has 0 heterocycles. The zero-order chi connectivity index (χ0) is 18.2. The third kappa shape index (κ3) is 5.50. The summed E-state index contributed by atoms with van der Waals surface area (Å²) in [6, 6.07) is 12.5. The number of aryl methyl sites for hydroxylation is 1. The van der Waals surface area contributed by atoms with Crippen LogP contribution in [0.1, 0.15) is 21.5 Å². The summed E-state index contributed by atoms with van der Waals surface area (Å²) in [6.07, 6.45) is 0. The molecular formula is C19H21ClN2O3. The Morgan fingerprint density at radius 3 is 2.48 bits per heavy atom. The first-order valence-electron chi connectivity index (χ1n) is 7.97. The Labute approximate surface area is 152 Å². The van der Waals surface area contributed by atoms with Gasteiger partial charge in [-0.15, -0.1) is 0 Å². The molecule has 2 aromatic rings. The van der Waals surface area contributed by atoms with E-state index in [1.54, 1.807) is 24.3 Å². The largest absolute Gasteiger partial charge is 0.483 e. The van der Waals surface area contributed by atoms with Crippen LogP contribution in [0.15, 0.2) is 42.5 Å². The average molecular weight is 361 g/mol. The van der Waals surface area contributed by atoms with Gasteiger partial charge in [-0.25, -0.2) is 0 Å². The highest BCUT2D eigenvalue weighted by Gasteiger charge is 2.09. The molecular weight excluding hydrogens is 340 g/mol. The Morgan fingerprint density at radius 1 is 1.00 bits per heavy atom. The van der Waals surface area contributed by atoms with E-state index in [0.717, 1.165) is 11.1 Å². The molecule has 0 aliphatic heterocycles. The standard InChI is InChI=1S/C19H21ClN2O3/c1-13-6-5-9-17(14(13)2)25-12-18(23)21-10-11-22-19(24)15-7-3-4-8-16(15)20/h3-9H,10-12H2,1-2H3,(H,21,23)(H,22,24). The van der Waals surface area contributed by atoms with Gasteiger partial charge in [0.15, 0.2) is 6.61 Å². The fourth-order valence-corrected chi connectivity index (χ4v) is 2.41. The van der Waals surface area contributed by atoms with E-state index in [4.69, 9.17) is 16.3 Å². The molecule has 0 spiro atoms. The van der Waals surface area contributed by atoms with Gasteiger partial charge in [-0.1, -0.05) is 35.9 Å². The number of carbonyl (C=O) groups excluding carboxylic acids is 2. The van der Waals surface area contributed by atoms with E-state index in [2.05, 4.69) is 10.6 Å². The van der Waals surface area contributed by atoms with Crippen molar-refractivity contribution in [2.24, 2.45) is 0 Å². The Bertz CT molecular complexity index is 762. The van der Waals surface area contributed by atoms with Gasteiger partial charge in [0.1, 0.15) is 5.75 Å². The minimum absolute atomic E-state index is 0.0667. The fraction of sp³-hybridized carbons (Fsp3) is 0.263. The number of hydrogen-bond donors (Lipinski definition) is 2. The molecule has 0 unspecified atom stereocenters. The summed E-state index contributed by atoms with van der Waals surface area (Å²) in [6.45, 7) is 4.49. The topological polar surface area (TPSA) is 67.4 Å². The number of carbonyl (C=O) groups is 2. The summed E-state index contributed by atoms with van der Waals surface area (Å²) < 4.78 is 5.53. The van der Waals surface area contributed by atoms with Crippen molar-refractivity contribution in [3.05, 3.63) is 64.2 Å². The van der Waals surface area contributed by atoms with Gasteiger partial charge < -0.3 is 15.4 Å². The van der Waals surface area contributed by atoms with Crippen LogP contribution in [-0.2, 0) is 4.79 Å². The Hall–Kier alpha value is -2.53. The fourth-order valence-electron chi connectivity index (χ4n) is 2.19. The second-order valence-corrected chi connectivity index (χ2v) is 5.98. The summed E-state index contributed by atoms with van der Waals surface area (Å²) in [5.74, 6) is 0.182. The van der Waals surface area contributed by atoms with E-state index in [9.17, 15) is 9.59 Å². The maximum Gasteiger partial charge on any atom is 0.258 e. The molecule has 0 aliphatic carbocycles. The van der Waals surface area contributed by atoms with Crippen molar-refractivity contribution in [1.82, 2.24) is 10.6 Å². The number of ether oxygens (including phenoxy) is 1. The molecule has 0 atom stereocenters. The maximum absolute atomic E-state index is 12.0. The van der Waals surface area contributed by atoms with Crippen LogP contribution in [0.3, 0.4) is 0 Å². The van der Waals surface area contributed by atoms with Gasteiger partial charge in [0, 0.05) is 13.1 Å². The van der Waals surface area contributed by atoms with Gasteiger partial charge in [-0.05, 0) is 43.2 Å². The first-order chi connectivity index (χ1) is 12.0. The van der Waals surface area contributed by atoms with E-state index in [1.165, 1.54) is 0 Å². The molecule has 0 saturated carbocycles. The number of hydrogen-bond acceptors (Lipinski definition) is 3. The number of nitrogens with one attached hydrogen (secondary N) is 2. The summed E-state index contributed by atoms with van der Waals surface area (Å²) in [5, 5.41) is 5.80. The third-order valence-electron chi connectivity index (χ3n) is 3.76. The predicted octanol–water partition coefficient (Wildman–Crippen LogP) is 2.88. The lowest BCUT2D eigenvalue weighted by atomic mass is 10.1. The smallest absolute Gasteiger partial charge is 0.258 e. The molecule has 0 saturated heterocycles. The van der Waals surface area contributed by atoms with E-state index in [-0.39, 0.29) is 18.4 Å². The molecule has 0 bridgehead atoms. The van der Waals surface area contributed by atoms with Crippen LogP contribution in [0, 0.1) is 13.8 Å². The molecule has 2 aromatic carbocycles. The van der Waals surface area contributed by atoms with E-state index in [0.29, 0.717) is 29.4 Å².